The lowest BCUT2D eigenvalue weighted by Crippen LogP contribution is -2.27. The van der Waals surface area contributed by atoms with Crippen LogP contribution in [0.15, 0.2) is 18.5 Å². The van der Waals surface area contributed by atoms with Gasteiger partial charge in [0.05, 0.1) is 11.9 Å². The molecule has 0 saturated heterocycles. The minimum absolute atomic E-state index is 0.491. The Labute approximate surface area is 76.3 Å². The second-order valence-corrected chi connectivity index (χ2v) is 3.15. The third-order valence-corrected chi connectivity index (χ3v) is 1.94. The summed E-state index contributed by atoms with van der Waals surface area (Å²) in [5.41, 5.74) is 2.49. The van der Waals surface area contributed by atoms with Gasteiger partial charge < -0.3 is 5.02 Å². The average molecular weight is 175 g/mol. The Morgan fingerprint density at radius 1 is 1.54 bits per heavy atom. The average Bonchev–Trinajstić information content (AvgIpc) is 2.42. The van der Waals surface area contributed by atoms with Gasteiger partial charge >= 0.3 is 6.92 Å². The summed E-state index contributed by atoms with van der Waals surface area (Å²) in [5.74, 6) is 0. The summed E-state index contributed by atoms with van der Waals surface area (Å²) in [4.78, 5) is 4.25. The highest BCUT2D eigenvalue weighted by atomic mass is 16.2. The third-order valence-electron chi connectivity index (χ3n) is 1.94. The van der Waals surface area contributed by atoms with Crippen LogP contribution in [0, 0.1) is 6.92 Å². The van der Waals surface area contributed by atoms with Crippen LogP contribution < -0.4 is 5.46 Å². The van der Waals surface area contributed by atoms with Crippen molar-refractivity contribution in [1.82, 2.24) is 14.6 Å². The SMILES string of the molecule is CB(O)c1cnn2cc(C)nc2c1. The van der Waals surface area contributed by atoms with Gasteiger partial charge in [0.1, 0.15) is 0 Å². The zero-order chi connectivity index (χ0) is 9.42. The molecule has 0 amide bonds. The van der Waals surface area contributed by atoms with Gasteiger partial charge in [0.25, 0.3) is 0 Å². The van der Waals surface area contributed by atoms with Crippen LogP contribution in [0.3, 0.4) is 0 Å². The van der Waals surface area contributed by atoms with Crippen molar-refractivity contribution < 1.29 is 5.02 Å². The zero-order valence-electron chi connectivity index (χ0n) is 7.60. The molecule has 0 saturated carbocycles. The largest absolute Gasteiger partial charge is 0.446 e. The number of fused-ring (bicyclic) bond motifs is 1. The summed E-state index contributed by atoms with van der Waals surface area (Å²) in [5, 5.41) is 13.4. The molecular weight excluding hydrogens is 165 g/mol. The van der Waals surface area contributed by atoms with E-state index < -0.39 is 6.92 Å². The van der Waals surface area contributed by atoms with E-state index in [-0.39, 0.29) is 0 Å². The van der Waals surface area contributed by atoms with Crippen LogP contribution in [-0.2, 0) is 0 Å². The van der Waals surface area contributed by atoms with Crippen molar-refractivity contribution >= 4 is 18.0 Å². The summed E-state index contributed by atoms with van der Waals surface area (Å²) < 4.78 is 1.70. The summed E-state index contributed by atoms with van der Waals surface area (Å²) >= 11 is 0. The molecule has 0 bridgehead atoms. The zero-order valence-corrected chi connectivity index (χ0v) is 7.60. The maximum absolute atomic E-state index is 9.31. The molecule has 0 aliphatic heterocycles. The predicted molar refractivity (Wildman–Crippen MR) is 51.2 cm³/mol. The number of rotatable bonds is 1. The van der Waals surface area contributed by atoms with Crippen LogP contribution in [0.2, 0.25) is 6.82 Å². The van der Waals surface area contributed by atoms with Gasteiger partial charge in [0.15, 0.2) is 5.65 Å². The normalized spacial score (nSPS) is 10.7. The molecule has 0 atom stereocenters. The van der Waals surface area contributed by atoms with Gasteiger partial charge in [0, 0.05) is 6.20 Å². The molecule has 0 unspecified atom stereocenters. The monoisotopic (exact) mass is 175 g/mol. The highest BCUT2D eigenvalue weighted by Crippen LogP contribution is 1.99. The van der Waals surface area contributed by atoms with Crippen LogP contribution in [0.25, 0.3) is 5.65 Å². The summed E-state index contributed by atoms with van der Waals surface area (Å²) in [7, 11) is 0. The number of imidazole rings is 1. The third kappa shape index (κ3) is 1.42. The van der Waals surface area contributed by atoms with Crippen molar-refractivity contribution in [1.29, 1.82) is 0 Å². The molecule has 5 heteroatoms. The molecule has 2 rings (SSSR count). The van der Waals surface area contributed by atoms with Gasteiger partial charge in [-0.05, 0) is 18.5 Å². The van der Waals surface area contributed by atoms with E-state index >= 15 is 0 Å². The Morgan fingerprint density at radius 3 is 3.00 bits per heavy atom. The van der Waals surface area contributed by atoms with E-state index in [0.717, 1.165) is 16.8 Å². The number of hydrogen-bond donors (Lipinski definition) is 1. The van der Waals surface area contributed by atoms with Gasteiger partial charge in [-0.15, -0.1) is 0 Å². The van der Waals surface area contributed by atoms with Crippen molar-refractivity contribution in [2.24, 2.45) is 0 Å². The molecule has 4 nitrogen and oxygen atoms in total. The second-order valence-electron chi connectivity index (χ2n) is 3.15. The Balaban J connectivity index is 2.61. The first kappa shape index (κ1) is 8.25. The Morgan fingerprint density at radius 2 is 2.31 bits per heavy atom. The lowest BCUT2D eigenvalue weighted by Gasteiger charge is -1.99. The molecule has 2 heterocycles. The first-order chi connectivity index (χ1) is 6.16. The molecule has 2 aromatic heterocycles. The van der Waals surface area contributed by atoms with Gasteiger partial charge in [0.2, 0.25) is 0 Å². The molecule has 66 valence electrons. The molecule has 0 aliphatic carbocycles. The van der Waals surface area contributed by atoms with E-state index in [1.807, 2.05) is 19.2 Å². The standard InChI is InChI=1S/C8H10BN3O/c1-6-5-12-8(11-6)3-7(4-10-12)9(2)13/h3-5,13H,1-2H3. The summed E-state index contributed by atoms with van der Waals surface area (Å²) in [6, 6.07) is 1.84. The Hall–Kier alpha value is -1.36. The van der Waals surface area contributed by atoms with Crippen LogP contribution in [0.1, 0.15) is 5.69 Å². The second kappa shape index (κ2) is 2.85. The summed E-state index contributed by atoms with van der Waals surface area (Å²) in [6.07, 6.45) is 3.50. The van der Waals surface area contributed by atoms with Gasteiger partial charge in [-0.3, -0.25) is 0 Å². The van der Waals surface area contributed by atoms with Crippen LogP contribution in [0.4, 0.5) is 0 Å². The van der Waals surface area contributed by atoms with Crippen LogP contribution in [0.5, 0.6) is 0 Å². The summed E-state index contributed by atoms with van der Waals surface area (Å²) in [6.45, 7) is 3.13. The highest BCUT2D eigenvalue weighted by Gasteiger charge is 2.08. The highest BCUT2D eigenvalue weighted by molar-refractivity contribution is 6.64. The Bertz CT molecular complexity index is 438. The van der Waals surface area contributed by atoms with Crippen molar-refractivity contribution in [3.05, 3.63) is 24.2 Å². The topological polar surface area (TPSA) is 50.4 Å². The van der Waals surface area contributed by atoms with Crippen molar-refractivity contribution in [2.75, 3.05) is 0 Å². The molecule has 0 aromatic carbocycles. The quantitative estimate of drug-likeness (QED) is 0.613. The van der Waals surface area contributed by atoms with E-state index in [0.29, 0.717) is 0 Å². The first-order valence-electron chi connectivity index (χ1n) is 4.17. The molecule has 1 N–H and O–H groups in total. The molecule has 2 aromatic rings. The van der Waals surface area contributed by atoms with Crippen molar-refractivity contribution in [3.8, 4) is 0 Å². The predicted octanol–water partition coefficient (Wildman–Crippen LogP) is -0.142. The van der Waals surface area contributed by atoms with Gasteiger partial charge in [-0.1, -0.05) is 6.82 Å². The van der Waals surface area contributed by atoms with Crippen LogP contribution >= 0.6 is 0 Å². The number of aryl methyl sites for hydroxylation is 1. The number of hydrogen-bond acceptors (Lipinski definition) is 3. The van der Waals surface area contributed by atoms with E-state index in [1.165, 1.54) is 0 Å². The fraction of sp³-hybridized carbons (Fsp3) is 0.250. The van der Waals surface area contributed by atoms with E-state index in [4.69, 9.17) is 0 Å². The lowest BCUT2D eigenvalue weighted by atomic mass is 9.65. The smallest absolute Gasteiger partial charge is 0.322 e. The first-order valence-corrected chi connectivity index (χ1v) is 4.17. The molecule has 0 aliphatic rings. The molecule has 13 heavy (non-hydrogen) atoms. The number of nitrogens with zero attached hydrogens (tertiary/aromatic N) is 3. The molecule has 0 spiro atoms. The van der Waals surface area contributed by atoms with E-state index in [2.05, 4.69) is 10.1 Å². The lowest BCUT2D eigenvalue weighted by molar-refractivity contribution is 0.593. The van der Waals surface area contributed by atoms with E-state index in [9.17, 15) is 5.02 Å². The number of aromatic nitrogens is 3. The van der Waals surface area contributed by atoms with Crippen molar-refractivity contribution in [2.45, 2.75) is 13.7 Å². The maximum atomic E-state index is 9.31. The maximum Gasteiger partial charge on any atom is 0.322 e. The van der Waals surface area contributed by atoms with Gasteiger partial charge in [-0.2, -0.15) is 5.10 Å². The minimum Gasteiger partial charge on any atom is -0.446 e. The minimum atomic E-state index is -0.491. The fourth-order valence-electron chi connectivity index (χ4n) is 1.24. The molecule has 0 radical (unpaired) electrons. The van der Waals surface area contributed by atoms with Gasteiger partial charge in [-0.25, -0.2) is 9.50 Å². The van der Waals surface area contributed by atoms with E-state index in [1.54, 1.807) is 17.5 Å². The van der Waals surface area contributed by atoms with Crippen molar-refractivity contribution in [3.63, 3.8) is 0 Å². The Kier molecular flexibility index (Phi) is 1.81. The molecule has 0 fully saturated rings. The molecular formula is C8H10BN3O. The van der Waals surface area contributed by atoms with Crippen LogP contribution in [-0.4, -0.2) is 26.5 Å². The fourth-order valence-corrected chi connectivity index (χ4v) is 1.24.